The fourth-order valence-corrected chi connectivity index (χ4v) is 2.65. The third-order valence-electron chi connectivity index (χ3n) is 3.06. The van der Waals surface area contributed by atoms with E-state index in [9.17, 15) is 0 Å². The smallest absolute Gasteiger partial charge is 0.0809 e. The van der Waals surface area contributed by atoms with Gasteiger partial charge in [-0.05, 0) is 24.5 Å². The Kier molecular flexibility index (Phi) is 4.18. The maximum absolute atomic E-state index is 5.65. The van der Waals surface area contributed by atoms with Gasteiger partial charge in [0.05, 0.1) is 6.61 Å². The second kappa shape index (κ2) is 5.64. The third kappa shape index (κ3) is 3.30. The highest BCUT2D eigenvalue weighted by Crippen LogP contribution is 2.29. The summed E-state index contributed by atoms with van der Waals surface area (Å²) in [5.41, 5.74) is 5.55. The van der Waals surface area contributed by atoms with Crippen LogP contribution < -0.4 is 5.73 Å². The van der Waals surface area contributed by atoms with E-state index in [-0.39, 0.29) is 0 Å². The van der Waals surface area contributed by atoms with Crippen molar-refractivity contribution >= 4 is 11.3 Å². The van der Waals surface area contributed by atoms with Crippen LogP contribution in [0.25, 0.3) is 0 Å². The zero-order valence-electron chi connectivity index (χ0n) is 9.08. The van der Waals surface area contributed by atoms with Crippen LogP contribution in [0.3, 0.4) is 0 Å². The highest BCUT2D eigenvalue weighted by Gasteiger charge is 2.16. The second-order valence-corrected chi connectivity index (χ2v) is 5.46. The lowest BCUT2D eigenvalue weighted by atomic mass is 9.83. The highest BCUT2D eigenvalue weighted by atomic mass is 32.1. The Balaban J connectivity index is 1.60. The molecule has 0 atom stereocenters. The molecule has 1 fully saturated rings. The maximum atomic E-state index is 5.65. The van der Waals surface area contributed by atoms with Crippen molar-refractivity contribution in [3.8, 4) is 0 Å². The minimum absolute atomic E-state index is 0.646. The number of ether oxygens (including phenoxy) is 1. The van der Waals surface area contributed by atoms with Crippen molar-refractivity contribution in [2.45, 2.75) is 38.8 Å². The van der Waals surface area contributed by atoms with Crippen LogP contribution in [0.4, 0.5) is 0 Å². The molecule has 1 heterocycles. The topological polar surface area (TPSA) is 35.2 Å². The molecule has 1 aromatic heterocycles. The van der Waals surface area contributed by atoms with Gasteiger partial charge in [-0.1, -0.05) is 19.3 Å². The van der Waals surface area contributed by atoms with Crippen molar-refractivity contribution in [3.63, 3.8) is 0 Å². The van der Waals surface area contributed by atoms with Gasteiger partial charge in [0.15, 0.2) is 0 Å². The zero-order valence-corrected chi connectivity index (χ0v) is 9.89. The predicted molar refractivity (Wildman–Crippen MR) is 63.8 cm³/mol. The average molecular weight is 225 g/mol. The van der Waals surface area contributed by atoms with Gasteiger partial charge < -0.3 is 10.5 Å². The highest BCUT2D eigenvalue weighted by molar-refractivity contribution is 7.11. The first-order valence-electron chi connectivity index (χ1n) is 5.74. The molecule has 0 spiro atoms. The Bertz CT molecular complexity index is 294. The van der Waals surface area contributed by atoms with E-state index in [1.807, 2.05) is 0 Å². The standard InChI is InChI=1S/C12H19NOS/c13-8-11-4-5-12(15-11)9-14-7-6-10-2-1-3-10/h4-5,10H,1-3,6-9,13H2. The molecule has 1 aliphatic carbocycles. The summed E-state index contributed by atoms with van der Waals surface area (Å²) >= 11 is 1.76. The van der Waals surface area contributed by atoms with Crippen LogP contribution in [0.2, 0.25) is 0 Å². The lowest BCUT2D eigenvalue weighted by Gasteiger charge is -2.24. The summed E-state index contributed by atoms with van der Waals surface area (Å²) in [5.74, 6) is 0.952. The predicted octanol–water partition coefficient (Wildman–Crippen LogP) is 2.91. The summed E-state index contributed by atoms with van der Waals surface area (Å²) in [5, 5.41) is 0. The summed E-state index contributed by atoms with van der Waals surface area (Å²) in [7, 11) is 0. The molecule has 15 heavy (non-hydrogen) atoms. The minimum Gasteiger partial charge on any atom is -0.376 e. The van der Waals surface area contributed by atoms with E-state index in [0.717, 1.165) is 19.1 Å². The molecule has 1 aromatic rings. The van der Waals surface area contributed by atoms with Crippen LogP contribution in [-0.2, 0) is 17.9 Å². The minimum atomic E-state index is 0.646. The summed E-state index contributed by atoms with van der Waals surface area (Å²) in [6.45, 7) is 2.32. The van der Waals surface area contributed by atoms with E-state index in [1.54, 1.807) is 11.3 Å². The van der Waals surface area contributed by atoms with Crippen LogP contribution >= 0.6 is 11.3 Å². The Labute approximate surface area is 95.4 Å². The van der Waals surface area contributed by atoms with Crippen molar-refractivity contribution in [1.29, 1.82) is 0 Å². The van der Waals surface area contributed by atoms with Gasteiger partial charge in [0.25, 0.3) is 0 Å². The lowest BCUT2D eigenvalue weighted by molar-refractivity contribution is 0.0966. The molecular formula is C12H19NOS. The van der Waals surface area contributed by atoms with Crippen LogP contribution in [-0.4, -0.2) is 6.61 Å². The monoisotopic (exact) mass is 225 g/mol. The molecule has 0 saturated heterocycles. The Hall–Kier alpha value is -0.380. The molecule has 0 unspecified atom stereocenters. The molecular weight excluding hydrogens is 206 g/mol. The summed E-state index contributed by atoms with van der Waals surface area (Å²) < 4.78 is 5.65. The fraction of sp³-hybridized carbons (Fsp3) is 0.667. The molecule has 1 saturated carbocycles. The van der Waals surface area contributed by atoms with Crippen molar-refractivity contribution in [1.82, 2.24) is 0 Å². The van der Waals surface area contributed by atoms with E-state index in [1.165, 1.54) is 35.4 Å². The first-order chi connectivity index (χ1) is 7.38. The molecule has 3 heteroatoms. The number of thiophene rings is 1. The molecule has 0 radical (unpaired) electrons. The Morgan fingerprint density at radius 1 is 1.33 bits per heavy atom. The van der Waals surface area contributed by atoms with Crippen LogP contribution in [0.15, 0.2) is 12.1 Å². The van der Waals surface area contributed by atoms with Crippen molar-refractivity contribution in [3.05, 3.63) is 21.9 Å². The van der Waals surface area contributed by atoms with Gasteiger partial charge in [-0.2, -0.15) is 0 Å². The van der Waals surface area contributed by atoms with Crippen molar-refractivity contribution in [2.75, 3.05) is 6.61 Å². The number of nitrogens with two attached hydrogens (primary N) is 1. The van der Waals surface area contributed by atoms with Gasteiger partial charge in [0.2, 0.25) is 0 Å². The summed E-state index contributed by atoms with van der Waals surface area (Å²) in [6.07, 6.45) is 5.50. The third-order valence-corrected chi connectivity index (χ3v) is 4.14. The number of rotatable bonds is 6. The molecule has 0 amide bonds. The van der Waals surface area contributed by atoms with Gasteiger partial charge in [0.1, 0.15) is 0 Å². The molecule has 0 aromatic carbocycles. The van der Waals surface area contributed by atoms with Gasteiger partial charge in [0, 0.05) is 22.9 Å². The van der Waals surface area contributed by atoms with Crippen LogP contribution in [0.1, 0.15) is 35.4 Å². The van der Waals surface area contributed by atoms with Gasteiger partial charge >= 0.3 is 0 Å². The molecule has 2 nitrogen and oxygen atoms in total. The van der Waals surface area contributed by atoms with E-state index in [4.69, 9.17) is 10.5 Å². The Morgan fingerprint density at radius 2 is 2.13 bits per heavy atom. The van der Waals surface area contributed by atoms with E-state index < -0.39 is 0 Å². The first kappa shape index (κ1) is 11.1. The van der Waals surface area contributed by atoms with Crippen LogP contribution in [0, 0.1) is 5.92 Å². The van der Waals surface area contributed by atoms with E-state index in [0.29, 0.717) is 6.54 Å². The zero-order chi connectivity index (χ0) is 10.5. The van der Waals surface area contributed by atoms with E-state index >= 15 is 0 Å². The number of hydrogen-bond acceptors (Lipinski definition) is 3. The first-order valence-corrected chi connectivity index (χ1v) is 6.55. The largest absolute Gasteiger partial charge is 0.376 e. The molecule has 0 aliphatic heterocycles. The lowest BCUT2D eigenvalue weighted by Crippen LogP contribution is -2.13. The van der Waals surface area contributed by atoms with Gasteiger partial charge in [-0.15, -0.1) is 11.3 Å². The summed E-state index contributed by atoms with van der Waals surface area (Å²) in [6, 6.07) is 4.21. The molecule has 84 valence electrons. The average Bonchev–Trinajstić information content (AvgIpc) is 2.62. The maximum Gasteiger partial charge on any atom is 0.0809 e. The fourth-order valence-electron chi connectivity index (χ4n) is 1.81. The molecule has 1 aliphatic rings. The second-order valence-electron chi connectivity index (χ2n) is 4.21. The Morgan fingerprint density at radius 3 is 2.73 bits per heavy atom. The quantitative estimate of drug-likeness (QED) is 0.755. The molecule has 2 rings (SSSR count). The van der Waals surface area contributed by atoms with Crippen LogP contribution in [0.5, 0.6) is 0 Å². The van der Waals surface area contributed by atoms with Crippen molar-refractivity contribution in [2.24, 2.45) is 11.7 Å². The summed E-state index contributed by atoms with van der Waals surface area (Å²) in [4.78, 5) is 2.54. The molecule has 0 bridgehead atoms. The van der Waals surface area contributed by atoms with Crippen molar-refractivity contribution < 1.29 is 4.74 Å². The SMILES string of the molecule is NCc1ccc(COCCC2CCC2)s1. The van der Waals surface area contributed by atoms with Gasteiger partial charge in [-0.3, -0.25) is 0 Å². The van der Waals surface area contributed by atoms with Gasteiger partial charge in [-0.25, -0.2) is 0 Å². The van der Waals surface area contributed by atoms with E-state index in [2.05, 4.69) is 12.1 Å². The normalized spacial score (nSPS) is 16.6. The number of hydrogen-bond donors (Lipinski definition) is 1. The molecule has 2 N–H and O–H groups in total.